The third-order valence-corrected chi connectivity index (χ3v) is 2.97. The number of nitrogens with one attached hydrogen (secondary N) is 1. The number of furan rings is 1. The van der Waals surface area contributed by atoms with Gasteiger partial charge >= 0.3 is 0 Å². The monoisotopic (exact) mass is 261 g/mol. The number of ether oxygens (including phenoxy) is 2. The summed E-state index contributed by atoms with van der Waals surface area (Å²) in [5.41, 5.74) is 0. The maximum Gasteiger partial charge on any atom is 0.120 e. The molecule has 4 nitrogen and oxygen atoms in total. The van der Waals surface area contributed by atoms with Gasteiger partial charge in [-0.1, -0.05) is 0 Å². The largest absolute Gasteiger partial charge is 0.497 e. The van der Waals surface area contributed by atoms with Gasteiger partial charge < -0.3 is 19.2 Å². The summed E-state index contributed by atoms with van der Waals surface area (Å²) < 4.78 is 16.2. The number of hydrogen-bond acceptors (Lipinski definition) is 4. The van der Waals surface area contributed by atoms with Crippen LogP contribution in [0.3, 0.4) is 0 Å². The molecule has 1 heterocycles. The molecule has 1 aromatic heterocycles. The average Bonchev–Trinajstić information content (AvgIpc) is 2.98. The molecular weight excluding hydrogens is 242 g/mol. The van der Waals surface area contributed by atoms with Crippen LogP contribution in [0.4, 0.5) is 0 Å². The van der Waals surface area contributed by atoms with Crippen molar-refractivity contribution in [2.24, 2.45) is 0 Å². The van der Waals surface area contributed by atoms with Gasteiger partial charge in [-0.05, 0) is 43.4 Å². The second-order valence-electron chi connectivity index (χ2n) is 4.17. The molecular formula is C15H19NO3. The fourth-order valence-corrected chi connectivity index (χ4v) is 1.88. The van der Waals surface area contributed by atoms with Gasteiger partial charge in [-0.25, -0.2) is 0 Å². The van der Waals surface area contributed by atoms with Crippen LogP contribution in [0.25, 0.3) is 0 Å². The quantitative estimate of drug-likeness (QED) is 0.832. The number of hydrogen-bond donors (Lipinski definition) is 1. The lowest BCUT2D eigenvalue weighted by molar-refractivity contribution is 0.278. The molecule has 0 fully saturated rings. The zero-order valence-corrected chi connectivity index (χ0v) is 11.3. The number of methoxy groups -OCH3 is 1. The number of benzene rings is 1. The Hall–Kier alpha value is -1.94. The molecule has 2 aromatic rings. The maximum absolute atomic E-state index is 5.70. The predicted molar refractivity (Wildman–Crippen MR) is 73.6 cm³/mol. The van der Waals surface area contributed by atoms with Crippen LogP contribution in [0.15, 0.2) is 47.1 Å². The lowest BCUT2D eigenvalue weighted by Gasteiger charge is -2.14. The summed E-state index contributed by atoms with van der Waals surface area (Å²) in [6, 6.07) is 11.6. The molecule has 0 saturated carbocycles. The van der Waals surface area contributed by atoms with Crippen LogP contribution in [-0.4, -0.2) is 20.8 Å². The molecule has 0 radical (unpaired) electrons. The molecule has 0 saturated heterocycles. The molecule has 1 atom stereocenters. The first kappa shape index (κ1) is 13.5. The molecule has 2 rings (SSSR count). The third kappa shape index (κ3) is 3.76. The van der Waals surface area contributed by atoms with E-state index in [1.165, 1.54) is 0 Å². The van der Waals surface area contributed by atoms with E-state index in [2.05, 4.69) is 5.32 Å². The van der Waals surface area contributed by atoms with E-state index in [0.29, 0.717) is 6.61 Å². The Morgan fingerprint density at radius 3 is 2.47 bits per heavy atom. The minimum absolute atomic E-state index is 0.174. The van der Waals surface area contributed by atoms with Gasteiger partial charge in [-0.2, -0.15) is 0 Å². The van der Waals surface area contributed by atoms with E-state index in [-0.39, 0.29) is 6.04 Å². The average molecular weight is 261 g/mol. The summed E-state index contributed by atoms with van der Waals surface area (Å²) in [7, 11) is 3.57. The number of rotatable bonds is 7. The minimum atomic E-state index is 0.174. The standard InChI is InChI=1S/C15H19NO3/c1-16-14(15-4-3-10-19-15)9-11-18-13-7-5-12(17-2)6-8-13/h3-8,10,14,16H,9,11H2,1-2H3. The molecule has 0 aliphatic rings. The van der Waals surface area contributed by atoms with Gasteiger partial charge in [0.15, 0.2) is 0 Å². The van der Waals surface area contributed by atoms with Gasteiger partial charge in [0.25, 0.3) is 0 Å². The maximum atomic E-state index is 5.70. The molecule has 19 heavy (non-hydrogen) atoms. The zero-order chi connectivity index (χ0) is 13.5. The molecule has 4 heteroatoms. The van der Waals surface area contributed by atoms with Crippen LogP contribution >= 0.6 is 0 Å². The van der Waals surface area contributed by atoms with Crippen molar-refractivity contribution in [3.63, 3.8) is 0 Å². The second kappa shape index (κ2) is 6.85. The van der Waals surface area contributed by atoms with E-state index >= 15 is 0 Å². The van der Waals surface area contributed by atoms with Crippen molar-refractivity contribution in [3.8, 4) is 11.5 Å². The van der Waals surface area contributed by atoms with Crippen molar-refractivity contribution in [2.45, 2.75) is 12.5 Å². The Morgan fingerprint density at radius 1 is 1.16 bits per heavy atom. The SMILES string of the molecule is CNC(CCOc1ccc(OC)cc1)c1ccco1. The van der Waals surface area contributed by atoms with Crippen LogP contribution in [0, 0.1) is 0 Å². The van der Waals surface area contributed by atoms with E-state index in [4.69, 9.17) is 13.9 Å². The molecule has 0 spiro atoms. The molecule has 0 aliphatic carbocycles. The van der Waals surface area contributed by atoms with Crippen molar-refractivity contribution in [3.05, 3.63) is 48.4 Å². The van der Waals surface area contributed by atoms with Gasteiger partial charge in [-0.15, -0.1) is 0 Å². The topological polar surface area (TPSA) is 43.6 Å². The summed E-state index contributed by atoms with van der Waals surface area (Å²) in [5, 5.41) is 3.22. The summed E-state index contributed by atoms with van der Waals surface area (Å²) >= 11 is 0. The zero-order valence-electron chi connectivity index (χ0n) is 11.3. The van der Waals surface area contributed by atoms with Crippen LogP contribution in [-0.2, 0) is 0 Å². The van der Waals surface area contributed by atoms with Crippen molar-refractivity contribution in [1.82, 2.24) is 5.32 Å². The molecule has 102 valence electrons. The normalized spacial score (nSPS) is 12.1. The van der Waals surface area contributed by atoms with Crippen LogP contribution in [0.2, 0.25) is 0 Å². The highest BCUT2D eigenvalue weighted by atomic mass is 16.5. The van der Waals surface area contributed by atoms with Crippen molar-refractivity contribution >= 4 is 0 Å². The Kier molecular flexibility index (Phi) is 4.86. The van der Waals surface area contributed by atoms with Gasteiger partial charge in [0.2, 0.25) is 0 Å². The molecule has 0 aliphatic heterocycles. The first-order valence-electron chi connectivity index (χ1n) is 6.31. The predicted octanol–water partition coefficient (Wildman–Crippen LogP) is 3.02. The first-order valence-corrected chi connectivity index (χ1v) is 6.31. The molecule has 1 aromatic carbocycles. The van der Waals surface area contributed by atoms with Gasteiger partial charge in [0.1, 0.15) is 17.3 Å². The van der Waals surface area contributed by atoms with E-state index in [0.717, 1.165) is 23.7 Å². The van der Waals surface area contributed by atoms with E-state index in [1.54, 1.807) is 13.4 Å². The van der Waals surface area contributed by atoms with Crippen LogP contribution in [0.1, 0.15) is 18.2 Å². The fraction of sp³-hybridized carbons (Fsp3) is 0.333. The summed E-state index contributed by atoms with van der Waals surface area (Å²) in [6.45, 7) is 0.624. The van der Waals surface area contributed by atoms with Gasteiger partial charge in [0, 0.05) is 6.42 Å². The molecule has 1 N–H and O–H groups in total. The highest BCUT2D eigenvalue weighted by Gasteiger charge is 2.11. The molecule has 0 amide bonds. The molecule has 0 bridgehead atoms. The summed E-state index contributed by atoms with van der Waals surface area (Å²) in [6.07, 6.45) is 2.53. The third-order valence-electron chi connectivity index (χ3n) is 2.97. The Bertz CT molecular complexity index is 465. The van der Waals surface area contributed by atoms with Crippen molar-refractivity contribution in [1.29, 1.82) is 0 Å². The van der Waals surface area contributed by atoms with E-state index < -0.39 is 0 Å². The first-order chi connectivity index (χ1) is 9.33. The lowest BCUT2D eigenvalue weighted by atomic mass is 10.1. The highest BCUT2D eigenvalue weighted by molar-refractivity contribution is 5.31. The highest BCUT2D eigenvalue weighted by Crippen LogP contribution is 2.20. The van der Waals surface area contributed by atoms with E-state index in [1.807, 2.05) is 43.4 Å². The van der Waals surface area contributed by atoms with E-state index in [9.17, 15) is 0 Å². The second-order valence-corrected chi connectivity index (χ2v) is 4.17. The minimum Gasteiger partial charge on any atom is -0.497 e. The Labute approximate surface area is 113 Å². The van der Waals surface area contributed by atoms with Crippen molar-refractivity contribution < 1.29 is 13.9 Å². The van der Waals surface area contributed by atoms with Gasteiger partial charge in [-0.3, -0.25) is 0 Å². The lowest BCUT2D eigenvalue weighted by Crippen LogP contribution is -2.18. The Balaban J connectivity index is 1.81. The summed E-state index contributed by atoms with van der Waals surface area (Å²) in [5.74, 6) is 2.60. The smallest absolute Gasteiger partial charge is 0.120 e. The fourth-order valence-electron chi connectivity index (χ4n) is 1.88. The summed E-state index contributed by atoms with van der Waals surface area (Å²) in [4.78, 5) is 0. The van der Waals surface area contributed by atoms with Crippen LogP contribution in [0.5, 0.6) is 11.5 Å². The molecule has 1 unspecified atom stereocenters. The van der Waals surface area contributed by atoms with Gasteiger partial charge in [0.05, 0.1) is 26.0 Å². The Morgan fingerprint density at radius 2 is 1.89 bits per heavy atom. The van der Waals surface area contributed by atoms with Crippen LogP contribution < -0.4 is 14.8 Å². The van der Waals surface area contributed by atoms with Crippen molar-refractivity contribution in [2.75, 3.05) is 20.8 Å².